The van der Waals surface area contributed by atoms with Gasteiger partial charge in [0.05, 0.1) is 0 Å². The van der Waals surface area contributed by atoms with Gasteiger partial charge in [0.25, 0.3) is 0 Å². The first-order valence-corrected chi connectivity index (χ1v) is 6.28. The van der Waals surface area contributed by atoms with E-state index >= 15 is 0 Å². The third-order valence-electron chi connectivity index (χ3n) is 1.85. The molecule has 0 amide bonds. The Balaban J connectivity index is 3.10. The Labute approximate surface area is 96.4 Å². The highest BCUT2D eigenvalue weighted by Crippen LogP contribution is 2.28. The van der Waals surface area contributed by atoms with Gasteiger partial charge in [0.1, 0.15) is 0 Å². The highest BCUT2D eigenvalue weighted by Gasteiger charge is 2.13. The summed E-state index contributed by atoms with van der Waals surface area (Å²) in [4.78, 5) is 12.7. The van der Waals surface area contributed by atoms with Gasteiger partial charge in [-0.05, 0) is 24.9 Å². The van der Waals surface area contributed by atoms with E-state index in [0.717, 1.165) is 14.9 Å². The second-order valence-electron chi connectivity index (χ2n) is 2.78. The number of rotatable bonds is 4. The fourth-order valence-electron chi connectivity index (χ4n) is 1.20. The van der Waals surface area contributed by atoms with Crippen LogP contribution in [-0.4, -0.2) is 18.6 Å². The second kappa shape index (κ2) is 5.53. The molecule has 0 fully saturated rings. The molecule has 0 aliphatic carbocycles. The van der Waals surface area contributed by atoms with Crippen molar-refractivity contribution in [3.8, 4) is 0 Å². The lowest BCUT2D eigenvalue weighted by Gasteiger charge is -2.07. The molecular formula is C10H12BrNOS. The Bertz CT molecular complexity index is 341. The molecule has 4 heteroatoms. The molecule has 1 aromatic carbocycles. The van der Waals surface area contributed by atoms with Crippen molar-refractivity contribution < 1.29 is 4.79 Å². The van der Waals surface area contributed by atoms with Gasteiger partial charge >= 0.3 is 0 Å². The first kappa shape index (κ1) is 11.8. The minimum atomic E-state index is 0.101. The van der Waals surface area contributed by atoms with E-state index in [1.54, 1.807) is 11.8 Å². The summed E-state index contributed by atoms with van der Waals surface area (Å²) >= 11 is 4.96. The maximum absolute atomic E-state index is 11.7. The maximum atomic E-state index is 11.7. The lowest BCUT2D eigenvalue weighted by molar-refractivity contribution is 0.0982. The van der Waals surface area contributed by atoms with Crippen LogP contribution in [0, 0.1) is 0 Å². The molecular weight excluding hydrogens is 262 g/mol. The van der Waals surface area contributed by atoms with Crippen LogP contribution in [0.4, 0.5) is 0 Å². The fraction of sp³-hybridized carbons (Fsp3) is 0.300. The van der Waals surface area contributed by atoms with Gasteiger partial charge in [0, 0.05) is 21.4 Å². The number of halogens is 1. The van der Waals surface area contributed by atoms with Crippen LogP contribution in [-0.2, 0) is 0 Å². The van der Waals surface area contributed by atoms with Crippen molar-refractivity contribution in [2.24, 2.45) is 5.73 Å². The summed E-state index contributed by atoms with van der Waals surface area (Å²) in [5.74, 6) is 0.101. The summed E-state index contributed by atoms with van der Waals surface area (Å²) in [7, 11) is 0. The van der Waals surface area contributed by atoms with Crippen molar-refractivity contribution in [2.45, 2.75) is 11.3 Å². The van der Waals surface area contributed by atoms with Crippen molar-refractivity contribution in [2.75, 3.05) is 12.8 Å². The smallest absolute Gasteiger partial charge is 0.166 e. The predicted molar refractivity (Wildman–Crippen MR) is 63.9 cm³/mol. The van der Waals surface area contributed by atoms with Crippen molar-refractivity contribution in [3.63, 3.8) is 0 Å². The average molecular weight is 274 g/mol. The van der Waals surface area contributed by atoms with E-state index in [0.29, 0.717) is 13.0 Å². The highest BCUT2D eigenvalue weighted by atomic mass is 79.9. The maximum Gasteiger partial charge on any atom is 0.166 e. The van der Waals surface area contributed by atoms with E-state index in [4.69, 9.17) is 5.73 Å². The van der Waals surface area contributed by atoms with Crippen LogP contribution in [0.1, 0.15) is 16.8 Å². The molecule has 0 radical (unpaired) electrons. The van der Waals surface area contributed by atoms with Gasteiger partial charge in [-0.25, -0.2) is 0 Å². The zero-order valence-electron chi connectivity index (χ0n) is 7.92. The van der Waals surface area contributed by atoms with Crippen LogP contribution in [0.3, 0.4) is 0 Å². The number of nitrogens with two attached hydrogens (primary N) is 1. The zero-order chi connectivity index (χ0) is 10.6. The molecule has 1 rings (SSSR count). The van der Waals surface area contributed by atoms with Crippen LogP contribution in [0.25, 0.3) is 0 Å². The van der Waals surface area contributed by atoms with Crippen molar-refractivity contribution in [1.82, 2.24) is 0 Å². The Kier molecular flexibility index (Phi) is 4.65. The second-order valence-corrected chi connectivity index (χ2v) is 4.48. The monoisotopic (exact) mass is 273 g/mol. The Hall–Kier alpha value is -0.320. The Morgan fingerprint density at radius 3 is 2.86 bits per heavy atom. The fourth-order valence-corrected chi connectivity index (χ4v) is 2.56. The minimum Gasteiger partial charge on any atom is -0.330 e. The van der Waals surface area contributed by atoms with E-state index in [-0.39, 0.29) is 5.78 Å². The van der Waals surface area contributed by atoms with Crippen molar-refractivity contribution in [1.29, 1.82) is 0 Å². The molecule has 1 aromatic rings. The lowest BCUT2D eigenvalue weighted by Crippen LogP contribution is -2.09. The van der Waals surface area contributed by atoms with Gasteiger partial charge in [-0.1, -0.05) is 22.0 Å². The van der Waals surface area contributed by atoms with Gasteiger partial charge in [-0.2, -0.15) is 0 Å². The minimum absolute atomic E-state index is 0.101. The summed E-state index contributed by atoms with van der Waals surface area (Å²) in [6, 6.07) is 5.75. The normalized spacial score (nSPS) is 10.2. The first-order valence-electron chi connectivity index (χ1n) is 4.26. The highest BCUT2D eigenvalue weighted by molar-refractivity contribution is 9.10. The topological polar surface area (TPSA) is 43.1 Å². The van der Waals surface area contributed by atoms with Crippen LogP contribution in [0.15, 0.2) is 27.6 Å². The third kappa shape index (κ3) is 2.59. The zero-order valence-corrected chi connectivity index (χ0v) is 10.3. The summed E-state index contributed by atoms with van der Waals surface area (Å²) in [6.45, 7) is 0.397. The molecule has 0 aliphatic heterocycles. The van der Waals surface area contributed by atoms with Crippen LogP contribution in [0.5, 0.6) is 0 Å². The molecule has 0 spiro atoms. The number of hydrogen-bond acceptors (Lipinski definition) is 3. The standard InChI is InChI=1S/C10H12BrNOS/c1-14-9-4-2-3-7(11)10(9)8(13)5-6-12/h2-4H,5-6,12H2,1H3. The number of benzene rings is 1. The molecule has 0 atom stereocenters. The predicted octanol–water partition coefficient (Wildman–Crippen LogP) is 2.70. The number of ketones is 1. The largest absolute Gasteiger partial charge is 0.330 e. The summed E-state index contributed by atoms with van der Waals surface area (Å²) < 4.78 is 0.850. The lowest BCUT2D eigenvalue weighted by atomic mass is 10.1. The summed E-state index contributed by atoms with van der Waals surface area (Å²) in [5.41, 5.74) is 6.12. The molecule has 14 heavy (non-hydrogen) atoms. The van der Waals surface area contributed by atoms with Gasteiger partial charge in [-0.3, -0.25) is 4.79 Å². The molecule has 0 aromatic heterocycles. The van der Waals surface area contributed by atoms with Crippen molar-refractivity contribution in [3.05, 3.63) is 28.2 Å². The van der Waals surface area contributed by atoms with E-state index in [2.05, 4.69) is 15.9 Å². The molecule has 0 unspecified atom stereocenters. The van der Waals surface area contributed by atoms with Crippen molar-refractivity contribution >= 4 is 33.5 Å². The number of Topliss-reactive ketones (excluding diaryl/α,β-unsaturated/α-hetero) is 1. The van der Waals surface area contributed by atoms with E-state index in [1.165, 1.54) is 0 Å². The quantitative estimate of drug-likeness (QED) is 0.678. The van der Waals surface area contributed by atoms with Gasteiger partial charge in [-0.15, -0.1) is 11.8 Å². The first-order chi connectivity index (χ1) is 6.70. The summed E-state index contributed by atoms with van der Waals surface area (Å²) in [6.07, 6.45) is 2.36. The average Bonchev–Trinajstić information content (AvgIpc) is 2.17. The Morgan fingerprint density at radius 2 is 2.29 bits per heavy atom. The molecule has 76 valence electrons. The number of carbonyl (C=O) groups excluding carboxylic acids is 1. The summed E-state index contributed by atoms with van der Waals surface area (Å²) in [5, 5.41) is 0. The number of hydrogen-bond donors (Lipinski definition) is 1. The van der Waals surface area contributed by atoms with E-state index in [9.17, 15) is 4.79 Å². The SMILES string of the molecule is CSc1cccc(Br)c1C(=O)CCN. The number of thioether (sulfide) groups is 1. The van der Waals surface area contributed by atoms with E-state index < -0.39 is 0 Å². The van der Waals surface area contributed by atoms with Crippen LogP contribution in [0.2, 0.25) is 0 Å². The van der Waals surface area contributed by atoms with Crippen LogP contribution >= 0.6 is 27.7 Å². The van der Waals surface area contributed by atoms with Crippen LogP contribution < -0.4 is 5.73 Å². The Morgan fingerprint density at radius 1 is 1.57 bits per heavy atom. The third-order valence-corrected chi connectivity index (χ3v) is 3.29. The molecule has 2 N–H and O–H groups in total. The van der Waals surface area contributed by atoms with Gasteiger partial charge in [0.15, 0.2) is 5.78 Å². The van der Waals surface area contributed by atoms with Gasteiger partial charge < -0.3 is 5.73 Å². The molecule has 2 nitrogen and oxygen atoms in total. The molecule has 0 bridgehead atoms. The van der Waals surface area contributed by atoms with Gasteiger partial charge in [0.2, 0.25) is 0 Å². The number of carbonyl (C=O) groups is 1. The van der Waals surface area contributed by atoms with E-state index in [1.807, 2.05) is 24.5 Å². The molecule has 0 heterocycles. The molecule has 0 aliphatic rings. The molecule has 0 saturated carbocycles. The molecule has 0 saturated heterocycles.